The molecule has 7 heteroatoms. The number of rotatable bonds is 4. The molecule has 1 amide bonds. The number of halogens is 2. The van der Waals surface area contributed by atoms with Crippen LogP contribution in [-0.4, -0.2) is 51.7 Å². The van der Waals surface area contributed by atoms with Gasteiger partial charge in [0.25, 0.3) is 0 Å². The molecule has 0 bridgehead atoms. The van der Waals surface area contributed by atoms with E-state index in [2.05, 4.69) is 10.00 Å². The quantitative estimate of drug-likeness (QED) is 0.849. The lowest BCUT2D eigenvalue weighted by molar-refractivity contribution is -0.133. The SMILES string of the molecule is Cc1nn(CC(=O)N2CCN(Cc3ccc(F)cc3)CC2)cc1Cl. The Bertz CT molecular complexity index is 688. The predicted molar refractivity (Wildman–Crippen MR) is 90.2 cm³/mol. The molecule has 0 radical (unpaired) electrons. The molecule has 3 rings (SSSR count). The minimum absolute atomic E-state index is 0.0515. The third-order valence-corrected chi connectivity index (χ3v) is 4.60. The maximum atomic E-state index is 12.9. The second-order valence-electron chi connectivity index (χ2n) is 6.04. The Morgan fingerprint density at radius 3 is 2.46 bits per heavy atom. The Morgan fingerprint density at radius 2 is 1.88 bits per heavy atom. The highest BCUT2D eigenvalue weighted by Crippen LogP contribution is 2.13. The Labute approximate surface area is 145 Å². The van der Waals surface area contributed by atoms with Crippen LogP contribution in [0.15, 0.2) is 30.5 Å². The monoisotopic (exact) mass is 350 g/mol. The van der Waals surface area contributed by atoms with Crippen LogP contribution in [0, 0.1) is 12.7 Å². The molecule has 2 heterocycles. The van der Waals surface area contributed by atoms with Gasteiger partial charge < -0.3 is 4.90 Å². The van der Waals surface area contributed by atoms with Crippen LogP contribution < -0.4 is 0 Å². The number of aromatic nitrogens is 2. The lowest BCUT2D eigenvalue weighted by Gasteiger charge is -2.34. The molecule has 1 aromatic heterocycles. The second kappa shape index (κ2) is 7.32. The van der Waals surface area contributed by atoms with Gasteiger partial charge in [0.2, 0.25) is 5.91 Å². The molecular weight excluding hydrogens is 331 g/mol. The van der Waals surface area contributed by atoms with Crippen LogP contribution in [0.3, 0.4) is 0 Å². The molecule has 1 fully saturated rings. The molecule has 24 heavy (non-hydrogen) atoms. The minimum Gasteiger partial charge on any atom is -0.339 e. The van der Waals surface area contributed by atoms with Gasteiger partial charge in [0, 0.05) is 38.9 Å². The van der Waals surface area contributed by atoms with E-state index >= 15 is 0 Å². The number of carbonyl (C=O) groups is 1. The summed E-state index contributed by atoms with van der Waals surface area (Å²) >= 11 is 5.97. The van der Waals surface area contributed by atoms with Gasteiger partial charge >= 0.3 is 0 Å². The summed E-state index contributed by atoms with van der Waals surface area (Å²) in [6, 6.07) is 6.56. The minimum atomic E-state index is -0.219. The molecule has 5 nitrogen and oxygen atoms in total. The van der Waals surface area contributed by atoms with Crippen LogP contribution in [0.2, 0.25) is 5.02 Å². The van der Waals surface area contributed by atoms with Crippen LogP contribution in [0.25, 0.3) is 0 Å². The van der Waals surface area contributed by atoms with E-state index in [4.69, 9.17) is 11.6 Å². The van der Waals surface area contributed by atoms with Crippen LogP contribution in [-0.2, 0) is 17.9 Å². The van der Waals surface area contributed by atoms with Crippen molar-refractivity contribution >= 4 is 17.5 Å². The summed E-state index contributed by atoms with van der Waals surface area (Å²) in [4.78, 5) is 16.5. The van der Waals surface area contributed by atoms with Crippen LogP contribution in [0.5, 0.6) is 0 Å². The van der Waals surface area contributed by atoms with Crippen molar-refractivity contribution in [1.29, 1.82) is 0 Å². The second-order valence-corrected chi connectivity index (χ2v) is 6.45. The maximum absolute atomic E-state index is 12.9. The van der Waals surface area contributed by atoms with Gasteiger partial charge in [-0.1, -0.05) is 23.7 Å². The number of aryl methyl sites for hydroxylation is 1. The van der Waals surface area contributed by atoms with Crippen LogP contribution in [0.4, 0.5) is 4.39 Å². The zero-order chi connectivity index (χ0) is 17.1. The number of piperazine rings is 1. The van der Waals surface area contributed by atoms with Crippen molar-refractivity contribution in [3.8, 4) is 0 Å². The number of carbonyl (C=O) groups excluding carboxylic acids is 1. The number of benzene rings is 1. The fourth-order valence-corrected chi connectivity index (χ4v) is 2.97. The first-order valence-corrected chi connectivity index (χ1v) is 8.33. The average molecular weight is 351 g/mol. The molecule has 128 valence electrons. The maximum Gasteiger partial charge on any atom is 0.244 e. The van der Waals surface area contributed by atoms with Crippen molar-refractivity contribution in [2.24, 2.45) is 0 Å². The van der Waals surface area contributed by atoms with Crippen LogP contribution >= 0.6 is 11.6 Å². The molecule has 0 spiro atoms. The van der Waals surface area contributed by atoms with Crippen LogP contribution in [0.1, 0.15) is 11.3 Å². The Hall–Kier alpha value is -1.92. The first-order chi connectivity index (χ1) is 11.5. The average Bonchev–Trinajstić information content (AvgIpc) is 2.88. The molecule has 0 N–H and O–H groups in total. The molecule has 1 aromatic carbocycles. The van der Waals surface area contributed by atoms with E-state index in [1.807, 2.05) is 11.8 Å². The summed E-state index contributed by atoms with van der Waals surface area (Å²) in [5.74, 6) is -0.168. The van der Waals surface area contributed by atoms with Gasteiger partial charge in [0.1, 0.15) is 12.4 Å². The predicted octanol–water partition coefficient (Wildman–Crippen LogP) is 2.33. The van der Waals surface area contributed by atoms with E-state index in [9.17, 15) is 9.18 Å². The van der Waals surface area contributed by atoms with Gasteiger partial charge in [-0.05, 0) is 24.6 Å². The third kappa shape index (κ3) is 4.13. The summed E-state index contributed by atoms with van der Waals surface area (Å²) in [5.41, 5.74) is 1.81. The molecule has 0 unspecified atom stereocenters. The largest absolute Gasteiger partial charge is 0.339 e. The summed E-state index contributed by atoms with van der Waals surface area (Å²) < 4.78 is 14.5. The molecule has 2 aromatic rings. The van der Waals surface area contributed by atoms with Crippen molar-refractivity contribution in [3.63, 3.8) is 0 Å². The summed E-state index contributed by atoms with van der Waals surface area (Å²) in [6.45, 7) is 5.80. The lowest BCUT2D eigenvalue weighted by atomic mass is 10.2. The number of amides is 1. The van der Waals surface area contributed by atoms with Crippen molar-refractivity contribution in [1.82, 2.24) is 19.6 Å². The fourth-order valence-electron chi connectivity index (χ4n) is 2.82. The van der Waals surface area contributed by atoms with Crippen molar-refractivity contribution < 1.29 is 9.18 Å². The summed E-state index contributed by atoms with van der Waals surface area (Å²) in [6.07, 6.45) is 1.68. The normalized spacial score (nSPS) is 15.7. The first-order valence-electron chi connectivity index (χ1n) is 7.95. The molecule has 1 aliphatic heterocycles. The Morgan fingerprint density at radius 1 is 1.21 bits per heavy atom. The standard InChI is InChI=1S/C17H20ClFN4O/c1-13-16(18)11-23(20-13)12-17(24)22-8-6-21(7-9-22)10-14-2-4-15(19)5-3-14/h2-5,11H,6-10,12H2,1H3. The number of hydrogen-bond donors (Lipinski definition) is 0. The number of nitrogens with zero attached hydrogens (tertiary/aromatic N) is 4. The van der Waals surface area contributed by atoms with E-state index < -0.39 is 0 Å². The smallest absolute Gasteiger partial charge is 0.244 e. The molecule has 1 saturated heterocycles. The molecule has 1 aliphatic rings. The van der Waals surface area contributed by atoms with E-state index in [0.29, 0.717) is 18.1 Å². The van der Waals surface area contributed by atoms with Gasteiger partial charge in [-0.25, -0.2) is 4.39 Å². The van der Waals surface area contributed by atoms with Gasteiger partial charge in [-0.15, -0.1) is 0 Å². The van der Waals surface area contributed by atoms with Crippen molar-refractivity contribution in [2.45, 2.75) is 20.0 Å². The van der Waals surface area contributed by atoms with E-state index in [1.54, 1.807) is 23.0 Å². The Balaban J connectivity index is 1.49. The zero-order valence-corrected chi connectivity index (χ0v) is 14.3. The highest BCUT2D eigenvalue weighted by molar-refractivity contribution is 6.31. The topological polar surface area (TPSA) is 41.4 Å². The molecule has 0 atom stereocenters. The highest BCUT2D eigenvalue weighted by atomic mass is 35.5. The lowest BCUT2D eigenvalue weighted by Crippen LogP contribution is -2.49. The fraction of sp³-hybridized carbons (Fsp3) is 0.412. The van der Waals surface area contributed by atoms with E-state index in [0.717, 1.165) is 30.9 Å². The van der Waals surface area contributed by atoms with E-state index in [1.165, 1.54) is 12.1 Å². The van der Waals surface area contributed by atoms with Gasteiger partial charge in [0.15, 0.2) is 0 Å². The van der Waals surface area contributed by atoms with E-state index in [-0.39, 0.29) is 18.3 Å². The third-order valence-electron chi connectivity index (χ3n) is 4.23. The molecule has 0 aliphatic carbocycles. The van der Waals surface area contributed by atoms with Gasteiger partial charge in [-0.2, -0.15) is 5.10 Å². The van der Waals surface area contributed by atoms with Gasteiger partial charge in [0.05, 0.1) is 10.7 Å². The molecule has 0 saturated carbocycles. The summed E-state index contributed by atoms with van der Waals surface area (Å²) in [7, 11) is 0. The Kier molecular flexibility index (Phi) is 5.16. The summed E-state index contributed by atoms with van der Waals surface area (Å²) in [5, 5.41) is 4.79. The zero-order valence-electron chi connectivity index (χ0n) is 13.6. The van der Waals surface area contributed by atoms with Gasteiger partial charge in [-0.3, -0.25) is 14.4 Å². The first kappa shape index (κ1) is 16.9. The van der Waals surface area contributed by atoms with Crippen molar-refractivity contribution in [2.75, 3.05) is 26.2 Å². The highest BCUT2D eigenvalue weighted by Gasteiger charge is 2.21. The van der Waals surface area contributed by atoms with Crippen molar-refractivity contribution in [3.05, 3.63) is 52.6 Å². The molecular formula is C17H20ClFN4O. The number of hydrogen-bond acceptors (Lipinski definition) is 3.